The van der Waals surface area contributed by atoms with Gasteiger partial charge in [0.25, 0.3) is 0 Å². The highest BCUT2D eigenvalue weighted by Gasteiger charge is 2.44. The molecule has 1 aromatic rings. The minimum atomic E-state index is -1.09. The van der Waals surface area contributed by atoms with Gasteiger partial charge in [0, 0.05) is 6.08 Å². The van der Waals surface area contributed by atoms with Crippen LogP contribution < -0.4 is 5.32 Å². The average molecular weight is 289 g/mol. The predicted molar refractivity (Wildman–Crippen MR) is 73.1 cm³/mol. The lowest BCUT2D eigenvalue weighted by molar-refractivity contribution is -0.158. The molecule has 1 aliphatic heterocycles. The molecule has 1 fully saturated rings. The van der Waals surface area contributed by atoms with E-state index in [0.717, 1.165) is 11.6 Å². The van der Waals surface area contributed by atoms with Gasteiger partial charge in [0.05, 0.1) is 5.92 Å². The third-order valence-electron chi connectivity index (χ3n) is 3.17. The molecule has 21 heavy (non-hydrogen) atoms. The number of nitrogens with one attached hydrogen (secondary N) is 1. The van der Waals surface area contributed by atoms with Crippen molar-refractivity contribution < 1.29 is 24.2 Å². The average Bonchev–Trinajstić information content (AvgIpc) is 2.47. The monoisotopic (exact) mass is 289 g/mol. The van der Waals surface area contributed by atoms with Crippen LogP contribution in [-0.4, -0.2) is 29.0 Å². The summed E-state index contributed by atoms with van der Waals surface area (Å²) in [7, 11) is 0. The molecule has 0 spiro atoms. The number of esters is 1. The summed E-state index contributed by atoms with van der Waals surface area (Å²) < 4.78 is 5.14. The summed E-state index contributed by atoms with van der Waals surface area (Å²) in [5, 5.41) is 11.0. The second-order valence-electron chi connectivity index (χ2n) is 4.66. The summed E-state index contributed by atoms with van der Waals surface area (Å²) in [6, 6.07) is 8.50. The lowest BCUT2D eigenvalue weighted by Crippen LogP contribution is -2.62. The third-order valence-corrected chi connectivity index (χ3v) is 3.17. The maximum Gasteiger partial charge on any atom is 0.329 e. The highest BCUT2D eigenvalue weighted by atomic mass is 16.5. The van der Waals surface area contributed by atoms with Gasteiger partial charge < -0.3 is 15.2 Å². The Morgan fingerprint density at radius 3 is 2.62 bits per heavy atom. The Balaban J connectivity index is 1.84. The number of aliphatic carboxylic acids is 1. The summed E-state index contributed by atoms with van der Waals surface area (Å²) in [4.78, 5) is 33.6. The Hall–Kier alpha value is -2.63. The number of allylic oxidation sites excluding steroid dienone is 1. The van der Waals surface area contributed by atoms with E-state index >= 15 is 0 Å². The summed E-state index contributed by atoms with van der Waals surface area (Å²) in [6.45, 7) is 0.143. The van der Waals surface area contributed by atoms with E-state index in [9.17, 15) is 14.4 Å². The molecule has 1 aliphatic rings. The molecule has 0 bridgehead atoms. The molecule has 0 radical (unpaired) electrons. The van der Waals surface area contributed by atoms with Crippen LogP contribution in [0.3, 0.4) is 0 Å². The Bertz CT molecular complexity index is 567. The van der Waals surface area contributed by atoms with Gasteiger partial charge in [0.2, 0.25) is 5.91 Å². The van der Waals surface area contributed by atoms with Crippen molar-refractivity contribution in [3.8, 4) is 0 Å². The van der Waals surface area contributed by atoms with Gasteiger partial charge in [-0.1, -0.05) is 36.4 Å². The molecule has 6 heteroatoms. The quantitative estimate of drug-likeness (QED) is 0.460. The molecule has 2 unspecified atom stereocenters. The van der Waals surface area contributed by atoms with E-state index in [4.69, 9.17) is 9.84 Å². The fourth-order valence-electron chi connectivity index (χ4n) is 2.02. The van der Waals surface area contributed by atoms with Crippen molar-refractivity contribution in [1.82, 2.24) is 5.32 Å². The molecule has 1 aromatic carbocycles. The van der Waals surface area contributed by atoms with E-state index in [2.05, 4.69) is 5.32 Å². The molecule has 2 rings (SSSR count). The van der Waals surface area contributed by atoms with Crippen LogP contribution in [-0.2, 0) is 25.7 Å². The first-order valence-corrected chi connectivity index (χ1v) is 6.48. The fraction of sp³-hybridized carbons (Fsp3) is 0.267. The molecule has 1 heterocycles. The number of β-lactam (4-membered cyclic amide) rings is 1. The second kappa shape index (κ2) is 6.69. The molecule has 2 N–H and O–H groups in total. The van der Waals surface area contributed by atoms with Crippen LogP contribution in [0.25, 0.3) is 0 Å². The first-order chi connectivity index (χ1) is 10.1. The second-order valence-corrected chi connectivity index (χ2v) is 4.66. The number of carbonyl (C=O) groups is 3. The van der Waals surface area contributed by atoms with Crippen LogP contribution in [0.2, 0.25) is 0 Å². The van der Waals surface area contributed by atoms with E-state index in [1.807, 2.05) is 30.3 Å². The summed E-state index contributed by atoms with van der Waals surface area (Å²) >= 11 is 0. The normalized spacial score (nSPS) is 20.7. The van der Waals surface area contributed by atoms with Crippen molar-refractivity contribution in [2.45, 2.75) is 19.1 Å². The highest BCUT2D eigenvalue weighted by molar-refractivity contribution is 5.97. The summed E-state index contributed by atoms with van der Waals surface area (Å²) in [6.07, 6.45) is 2.52. The SMILES string of the molecule is O=C(O)/C=C/CC1C(=O)NC1C(=O)OCc1ccccc1. The van der Waals surface area contributed by atoms with Crippen LogP contribution in [0.4, 0.5) is 0 Å². The van der Waals surface area contributed by atoms with Gasteiger partial charge in [-0.25, -0.2) is 9.59 Å². The molecule has 2 atom stereocenters. The summed E-state index contributed by atoms with van der Waals surface area (Å²) in [5.74, 6) is -2.43. The van der Waals surface area contributed by atoms with Gasteiger partial charge >= 0.3 is 11.9 Å². The first-order valence-electron chi connectivity index (χ1n) is 6.48. The number of ether oxygens (including phenoxy) is 1. The topological polar surface area (TPSA) is 92.7 Å². The molecular formula is C15H15NO5. The lowest BCUT2D eigenvalue weighted by atomic mass is 9.87. The van der Waals surface area contributed by atoms with E-state index < -0.39 is 23.9 Å². The molecule has 6 nitrogen and oxygen atoms in total. The van der Waals surface area contributed by atoms with Gasteiger partial charge in [0.1, 0.15) is 12.6 Å². The van der Waals surface area contributed by atoms with Gasteiger partial charge in [-0.15, -0.1) is 0 Å². The van der Waals surface area contributed by atoms with Crippen LogP contribution in [0, 0.1) is 5.92 Å². The number of hydrogen-bond donors (Lipinski definition) is 2. The Morgan fingerprint density at radius 1 is 1.29 bits per heavy atom. The van der Waals surface area contributed by atoms with Crippen molar-refractivity contribution >= 4 is 17.8 Å². The van der Waals surface area contributed by atoms with E-state index in [0.29, 0.717) is 0 Å². The van der Waals surface area contributed by atoms with Crippen molar-refractivity contribution in [2.24, 2.45) is 5.92 Å². The van der Waals surface area contributed by atoms with Gasteiger partial charge in [-0.3, -0.25) is 4.79 Å². The van der Waals surface area contributed by atoms with Crippen molar-refractivity contribution in [2.75, 3.05) is 0 Å². The smallest absolute Gasteiger partial charge is 0.329 e. The molecule has 1 saturated heterocycles. The number of carboxylic acid groups (broad SMARTS) is 1. The number of hydrogen-bond acceptors (Lipinski definition) is 4. The predicted octanol–water partition coefficient (Wildman–Crippen LogP) is 0.875. The lowest BCUT2D eigenvalue weighted by Gasteiger charge is -2.34. The van der Waals surface area contributed by atoms with E-state index in [-0.39, 0.29) is 18.9 Å². The van der Waals surface area contributed by atoms with Gasteiger partial charge in [0.15, 0.2) is 0 Å². The Morgan fingerprint density at radius 2 is 2.00 bits per heavy atom. The maximum atomic E-state index is 11.9. The van der Waals surface area contributed by atoms with Gasteiger partial charge in [-0.2, -0.15) is 0 Å². The van der Waals surface area contributed by atoms with E-state index in [1.165, 1.54) is 6.08 Å². The molecular weight excluding hydrogens is 274 g/mol. The molecule has 0 aliphatic carbocycles. The van der Waals surface area contributed by atoms with Crippen LogP contribution in [0.5, 0.6) is 0 Å². The maximum absolute atomic E-state index is 11.9. The van der Waals surface area contributed by atoms with Crippen LogP contribution >= 0.6 is 0 Å². The fourth-order valence-corrected chi connectivity index (χ4v) is 2.02. The third kappa shape index (κ3) is 3.92. The number of carbonyl (C=O) groups excluding carboxylic acids is 2. The largest absolute Gasteiger partial charge is 0.478 e. The first kappa shape index (κ1) is 14.8. The summed E-state index contributed by atoms with van der Waals surface area (Å²) in [5.41, 5.74) is 0.860. The number of benzene rings is 1. The van der Waals surface area contributed by atoms with Crippen molar-refractivity contribution in [3.63, 3.8) is 0 Å². The zero-order chi connectivity index (χ0) is 15.2. The van der Waals surface area contributed by atoms with E-state index in [1.54, 1.807) is 0 Å². The molecule has 0 saturated carbocycles. The number of rotatable bonds is 6. The minimum Gasteiger partial charge on any atom is -0.478 e. The van der Waals surface area contributed by atoms with Crippen molar-refractivity contribution in [3.05, 3.63) is 48.0 Å². The highest BCUT2D eigenvalue weighted by Crippen LogP contribution is 2.21. The minimum absolute atomic E-state index is 0.143. The molecule has 1 amide bonds. The Kier molecular flexibility index (Phi) is 4.71. The molecule has 110 valence electrons. The standard InChI is InChI=1S/C15H15NO5/c17-12(18)8-4-7-11-13(16-14(11)19)15(20)21-9-10-5-2-1-3-6-10/h1-6,8,11,13H,7,9H2,(H,16,19)(H,17,18)/b8-4+. The zero-order valence-electron chi connectivity index (χ0n) is 11.2. The Labute approximate surface area is 121 Å². The number of amides is 1. The number of carboxylic acids is 1. The van der Waals surface area contributed by atoms with Crippen LogP contribution in [0.1, 0.15) is 12.0 Å². The zero-order valence-corrected chi connectivity index (χ0v) is 11.2. The molecule has 0 aromatic heterocycles. The van der Waals surface area contributed by atoms with Crippen molar-refractivity contribution in [1.29, 1.82) is 0 Å². The van der Waals surface area contributed by atoms with Gasteiger partial charge in [-0.05, 0) is 12.0 Å². The van der Waals surface area contributed by atoms with Crippen LogP contribution in [0.15, 0.2) is 42.5 Å².